The molecule has 0 saturated carbocycles. The number of hydrogen-bond donors (Lipinski definition) is 2. The number of aryl methyl sites for hydroxylation is 2. The molecule has 0 heterocycles. The van der Waals surface area contributed by atoms with E-state index in [4.69, 9.17) is 5.73 Å². The number of benzene rings is 1. The van der Waals surface area contributed by atoms with Crippen LogP contribution in [0.5, 0.6) is 0 Å². The highest BCUT2D eigenvalue weighted by molar-refractivity contribution is 7.98. The molecule has 114 valence electrons. The highest BCUT2D eigenvalue weighted by atomic mass is 32.2. The fraction of sp³-hybridized carbons (Fsp3) is 0.571. The highest BCUT2D eigenvalue weighted by Crippen LogP contribution is 2.27. The lowest BCUT2D eigenvalue weighted by Crippen LogP contribution is -2.26. The maximum Gasteiger partial charge on any atom is 0.241 e. The highest BCUT2D eigenvalue weighted by Gasteiger charge is 2.21. The number of hydrogen-bond acceptors (Lipinski definition) is 4. The Hall–Kier alpha value is -0.720. The van der Waals surface area contributed by atoms with E-state index in [1.807, 2.05) is 26.2 Å². The van der Waals surface area contributed by atoms with Crippen molar-refractivity contribution in [1.29, 1.82) is 0 Å². The summed E-state index contributed by atoms with van der Waals surface area (Å²) in [6, 6.07) is 1.82. The lowest BCUT2D eigenvalue weighted by atomic mass is 10.1. The molecule has 4 nitrogen and oxygen atoms in total. The third kappa shape index (κ3) is 4.14. The van der Waals surface area contributed by atoms with E-state index in [-0.39, 0.29) is 0 Å². The number of rotatable bonds is 7. The third-order valence-electron chi connectivity index (χ3n) is 3.30. The van der Waals surface area contributed by atoms with Gasteiger partial charge in [-0.1, -0.05) is 6.07 Å². The van der Waals surface area contributed by atoms with Crippen LogP contribution < -0.4 is 10.5 Å². The molecule has 0 saturated heterocycles. The lowest BCUT2D eigenvalue weighted by Gasteiger charge is -2.15. The van der Waals surface area contributed by atoms with Crippen LogP contribution in [0.25, 0.3) is 0 Å². The van der Waals surface area contributed by atoms with Crippen LogP contribution in [-0.4, -0.2) is 27.0 Å². The lowest BCUT2D eigenvalue weighted by molar-refractivity contribution is 0.577. The standard InChI is InChI=1S/C14H24N2O2S2/c1-10-9-11(2)14(12(3)13(10)15)20(17,18)16-7-5-6-8-19-4/h9,16H,5-8,15H2,1-4H3. The van der Waals surface area contributed by atoms with Crippen LogP contribution in [0.15, 0.2) is 11.0 Å². The van der Waals surface area contributed by atoms with Gasteiger partial charge < -0.3 is 5.73 Å². The van der Waals surface area contributed by atoms with E-state index in [9.17, 15) is 8.42 Å². The van der Waals surface area contributed by atoms with E-state index < -0.39 is 10.0 Å². The Kier molecular flexibility index (Phi) is 6.36. The fourth-order valence-electron chi connectivity index (χ4n) is 2.25. The average molecular weight is 316 g/mol. The molecule has 0 radical (unpaired) electrons. The van der Waals surface area contributed by atoms with Crippen LogP contribution in [-0.2, 0) is 10.0 Å². The molecule has 1 rings (SSSR count). The van der Waals surface area contributed by atoms with Gasteiger partial charge in [-0.25, -0.2) is 13.1 Å². The van der Waals surface area contributed by atoms with Crippen molar-refractivity contribution >= 4 is 27.5 Å². The predicted molar refractivity (Wildman–Crippen MR) is 87.9 cm³/mol. The molecule has 0 spiro atoms. The predicted octanol–water partition coefficient (Wildman–Crippen LogP) is 2.62. The van der Waals surface area contributed by atoms with Gasteiger partial charge in [-0.2, -0.15) is 11.8 Å². The molecule has 1 aromatic rings. The molecule has 3 N–H and O–H groups in total. The summed E-state index contributed by atoms with van der Waals surface area (Å²) in [7, 11) is -3.48. The Bertz CT molecular complexity index is 569. The number of nitrogens with one attached hydrogen (secondary N) is 1. The number of sulfonamides is 1. The zero-order valence-electron chi connectivity index (χ0n) is 12.6. The molecule has 0 aliphatic heterocycles. The van der Waals surface area contributed by atoms with Gasteiger partial charge in [-0.3, -0.25) is 0 Å². The van der Waals surface area contributed by atoms with Crippen LogP contribution >= 0.6 is 11.8 Å². The second-order valence-corrected chi connectivity index (χ2v) is 7.67. The Balaban J connectivity index is 2.91. The van der Waals surface area contributed by atoms with Crippen molar-refractivity contribution in [2.75, 3.05) is 24.3 Å². The molecule has 0 unspecified atom stereocenters. The molecular formula is C14H24N2O2S2. The number of anilines is 1. The van der Waals surface area contributed by atoms with Gasteiger partial charge in [0.25, 0.3) is 0 Å². The maximum atomic E-state index is 12.4. The van der Waals surface area contributed by atoms with Gasteiger partial charge in [0, 0.05) is 12.2 Å². The van der Waals surface area contributed by atoms with Gasteiger partial charge in [0.2, 0.25) is 10.0 Å². The summed E-state index contributed by atoms with van der Waals surface area (Å²) in [6.45, 7) is 5.93. The zero-order chi connectivity index (χ0) is 15.3. The van der Waals surface area contributed by atoms with E-state index in [1.54, 1.807) is 18.7 Å². The number of thioether (sulfide) groups is 1. The molecule has 0 fully saturated rings. The van der Waals surface area contributed by atoms with Crippen molar-refractivity contribution in [2.24, 2.45) is 0 Å². The zero-order valence-corrected chi connectivity index (χ0v) is 14.2. The van der Waals surface area contributed by atoms with Crippen molar-refractivity contribution < 1.29 is 8.42 Å². The molecule has 0 aliphatic carbocycles. The Morgan fingerprint density at radius 1 is 1.20 bits per heavy atom. The molecule has 20 heavy (non-hydrogen) atoms. The van der Waals surface area contributed by atoms with Crippen LogP contribution in [0, 0.1) is 20.8 Å². The SMILES string of the molecule is CSCCCCNS(=O)(=O)c1c(C)cc(C)c(N)c1C. The number of nitrogens with two attached hydrogens (primary N) is 1. The largest absolute Gasteiger partial charge is 0.398 e. The Morgan fingerprint density at radius 2 is 1.85 bits per heavy atom. The van der Waals surface area contributed by atoms with Gasteiger partial charge in [0.05, 0.1) is 4.90 Å². The molecule has 0 bridgehead atoms. The molecule has 0 aliphatic rings. The molecule has 6 heteroatoms. The monoisotopic (exact) mass is 316 g/mol. The van der Waals surface area contributed by atoms with Crippen LogP contribution in [0.4, 0.5) is 5.69 Å². The first kappa shape index (κ1) is 17.3. The van der Waals surface area contributed by atoms with E-state index in [2.05, 4.69) is 4.72 Å². The quantitative estimate of drug-likeness (QED) is 0.599. The Morgan fingerprint density at radius 3 is 2.45 bits per heavy atom. The number of unbranched alkanes of at least 4 members (excludes halogenated alkanes) is 1. The summed E-state index contributed by atoms with van der Waals surface area (Å²) < 4.78 is 27.5. The first-order chi connectivity index (χ1) is 9.31. The van der Waals surface area contributed by atoms with E-state index >= 15 is 0 Å². The minimum absolute atomic E-state index is 0.325. The second kappa shape index (κ2) is 7.33. The van der Waals surface area contributed by atoms with Crippen molar-refractivity contribution in [3.05, 3.63) is 22.8 Å². The van der Waals surface area contributed by atoms with Crippen LogP contribution in [0.2, 0.25) is 0 Å². The first-order valence-corrected chi connectivity index (χ1v) is 9.54. The first-order valence-electron chi connectivity index (χ1n) is 6.66. The van der Waals surface area contributed by atoms with Crippen molar-refractivity contribution in [2.45, 2.75) is 38.5 Å². The van der Waals surface area contributed by atoms with Crippen LogP contribution in [0.1, 0.15) is 29.5 Å². The summed E-state index contributed by atoms with van der Waals surface area (Å²) in [5, 5.41) is 0. The van der Waals surface area contributed by atoms with E-state index in [0.29, 0.717) is 22.7 Å². The summed E-state index contributed by atoms with van der Waals surface area (Å²) >= 11 is 1.77. The minimum atomic E-state index is -3.48. The second-order valence-electron chi connectivity index (χ2n) is 4.98. The molecule has 0 aromatic heterocycles. The number of nitrogen functional groups attached to an aromatic ring is 1. The third-order valence-corrected chi connectivity index (χ3v) is 5.74. The average Bonchev–Trinajstić information content (AvgIpc) is 2.35. The van der Waals surface area contributed by atoms with E-state index in [1.165, 1.54) is 0 Å². The van der Waals surface area contributed by atoms with Gasteiger partial charge >= 0.3 is 0 Å². The fourth-order valence-corrected chi connectivity index (χ4v) is 4.29. The van der Waals surface area contributed by atoms with E-state index in [0.717, 1.165) is 29.7 Å². The minimum Gasteiger partial charge on any atom is -0.398 e. The topological polar surface area (TPSA) is 72.2 Å². The van der Waals surface area contributed by atoms with Gasteiger partial charge in [-0.15, -0.1) is 0 Å². The summed E-state index contributed by atoms with van der Waals surface area (Å²) in [5.74, 6) is 1.05. The summed E-state index contributed by atoms with van der Waals surface area (Å²) in [5.41, 5.74) is 8.80. The molecular weight excluding hydrogens is 292 g/mol. The van der Waals surface area contributed by atoms with Gasteiger partial charge in [0.1, 0.15) is 0 Å². The van der Waals surface area contributed by atoms with Gasteiger partial charge in [-0.05, 0) is 62.3 Å². The van der Waals surface area contributed by atoms with Crippen molar-refractivity contribution in [1.82, 2.24) is 4.72 Å². The normalized spacial score (nSPS) is 11.8. The summed E-state index contributed by atoms with van der Waals surface area (Å²) in [6.07, 6.45) is 3.91. The smallest absolute Gasteiger partial charge is 0.241 e. The maximum absolute atomic E-state index is 12.4. The van der Waals surface area contributed by atoms with Gasteiger partial charge in [0.15, 0.2) is 0 Å². The Labute approximate surface area is 126 Å². The summed E-state index contributed by atoms with van der Waals surface area (Å²) in [4.78, 5) is 0.325. The van der Waals surface area contributed by atoms with Crippen molar-refractivity contribution in [3.8, 4) is 0 Å². The van der Waals surface area contributed by atoms with Crippen molar-refractivity contribution in [3.63, 3.8) is 0 Å². The molecule has 0 amide bonds. The molecule has 1 aromatic carbocycles. The molecule has 0 atom stereocenters. The van der Waals surface area contributed by atoms with Crippen LogP contribution in [0.3, 0.4) is 0 Å².